The van der Waals surface area contributed by atoms with Gasteiger partial charge in [0.25, 0.3) is 0 Å². The Morgan fingerprint density at radius 3 is 2.00 bits per heavy atom. The second kappa shape index (κ2) is 3.08. The van der Waals surface area contributed by atoms with Crippen molar-refractivity contribution < 1.29 is 22.1 Å². The highest BCUT2D eigenvalue weighted by Gasteiger charge is 2.31. The van der Waals surface area contributed by atoms with E-state index in [2.05, 4.69) is 0 Å². The Morgan fingerprint density at radius 1 is 1.21 bits per heavy atom. The highest BCUT2D eigenvalue weighted by atomic mass is 32.3. The number of rotatable bonds is 2. The molecule has 0 aliphatic carbocycles. The molecule has 3 nitrogen and oxygen atoms in total. The lowest BCUT2D eigenvalue weighted by molar-refractivity contribution is 0.389. The second-order valence-corrected chi connectivity index (χ2v) is 5.99. The van der Waals surface area contributed by atoms with Crippen molar-refractivity contribution in [1.82, 2.24) is 0 Å². The summed E-state index contributed by atoms with van der Waals surface area (Å²) in [6.45, 7) is 1.25. The summed E-state index contributed by atoms with van der Waals surface area (Å²) in [6.07, 6.45) is 0. The van der Waals surface area contributed by atoms with E-state index in [0.29, 0.717) is 18.2 Å². The third-order valence-electron chi connectivity index (χ3n) is 1.83. The van der Waals surface area contributed by atoms with E-state index in [0.717, 1.165) is 0 Å². The number of hydrogen-bond acceptors (Lipinski definition) is 1. The number of benzene rings is 1. The molecule has 14 heavy (non-hydrogen) atoms. The molecule has 0 aromatic heterocycles. The summed E-state index contributed by atoms with van der Waals surface area (Å²) in [6, 6.07) is 1.84. The van der Waals surface area contributed by atoms with Crippen LogP contribution in [0.2, 0.25) is 0 Å². The van der Waals surface area contributed by atoms with Crippen molar-refractivity contribution >= 4 is 9.63 Å². The van der Waals surface area contributed by atoms with E-state index < -0.39 is 31.9 Å². The summed E-state index contributed by atoms with van der Waals surface area (Å²) in [5.41, 5.74) is 0. The molecule has 1 rings (SSSR count). The van der Waals surface area contributed by atoms with E-state index in [1.165, 1.54) is 6.92 Å². The van der Waals surface area contributed by atoms with Crippen LogP contribution < -0.4 is 0 Å². The van der Waals surface area contributed by atoms with Crippen LogP contribution in [0.15, 0.2) is 23.1 Å². The van der Waals surface area contributed by atoms with Gasteiger partial charge in [-0.25, -0.2) is 13.0 Å². The summed E-state index contributed by atoms with van der Waals surface area (Å²) >= 11 is 0. The quantitative estimate of drug-likeness (QED) is 0.808. The highest BCUT2D eigenvalue weighted by molar-refractivity contribution is 8.10. The molecule has 0 spiro atoms. The predicted molar refractivity (Wildman–Crippen MR) is 48.6 cm³/mol. The van der Waals surface area contributed by atoms with E-state index in [1.54, 1.807) is 0 Å². The smallest absolute Gasteiger partial charge is 0.127 e. The molecule has 0 atom stereocenters. The molecule has 1 aromatic carbocycles. The molecule has 0 aliphatic heterocycles. The molecule has 0 fully saturated rings. The van der Waals surface area contributed by atoms with Crippen molar-refractivity contribution in [1.29, 1.82) is 0 Å². The zero-order valence-electron chi connectivity index (χ0n) is 7.41. The fourth-order valence-electron chi connectivity index (χ4n) is 0.932. The van der Waals surface area contributed by atoms with Gasteiger partial charge in [0.05, 0.1) is 4.90 Å². The SMILES string of the molecule is CCS(=O)(O)(O)c1cc(F)cc(F)c1. The maximum atomic E-state index is 12.7. The van der Waals surface area contributed by atoms with Gasteiger partial charge in [-0.05, 0) is 12.1 Å². The Kier molecular flexibility index (Phi) is 2.47. The first-order valence-corrected chi connectivity index (χ1v) is 5.89. The number of halogens is 2. The zero-order valence-corrected chi connectivity index (χ0v) is 8.22. The lowest BCUT2D eigenvalue weighted by atomic mass is 10.3. The van der Waals surface area contributed by atoms with Crippen molar-refractivity contribution in [3.05, 3.63) is 29.8 Å². The third kappa shape index (κ3) is 2.14. The maximum absolute atomic E-state index is 12.7. The van der Waals surface area contributed by atoms with Crippen molar-refractivity contribution in [2.24, 2.45) is 0 Å². The van der Waals surface area contributed by atoms with Crippen LogP contribution in [0.4, 0.5) is 8.78 Å². The van der Waals surface area contributed by atoms with Gasteiger partial charge in [-0.3, -0.25) is 0 Å². The summed E-state index contributed by atoms with van der Waals surface area (Å²) in [4.78, 5) is -0.637. The zero-order chi connectivity index (χ0) is 11.0. The largest absolute Gasteiger partial charge is 0.304 e. The topological polar surface area (TPSA) is 57.5 Å². The van der Waals surface area contributed by atoms with Crippen LogP contribution in [-0.2, 0) is 9.63 Å². The van der Waals surface area contributed by atoms with Crippen LogP contribution in [0.1, 0.15) is 6.92 Å². The van der Waals surface area contributed by atoms with Gasteiger partial charge in [0, 0.05) is 11.8 Å². The Labute approximate surface area is 79.8 Å². The van der Waals surface area contributed by atoms with E-state index in [1.807, 2.05) is 0 Å². The van der Waals surface area contributed by atoms with Gasteiger partial charge in [0.2, 0.25) is 0 Å². The first kappa shape index (κ1) is 11.2. The van der Waals surface area contributed by atoms with E-state index in [4.69, 9.17) is 0 Å². The lowest BCUT2D eigenvalue weighted by Gasteiger charge is -2.29. The van der Waals surface area contributed by atoms with Crippen molar-refractivity contribution in [2.45, 2.75) is 11.8 Å². The van der Waals surface area contributed by atoms with Gasteiger partial charge in [-0.2, -0.15) is 0 Å². The molecule has 6 heteroatoms. The fraction of sp³-hybridized carbons (Fsp3) is 0.250. The highest BCUT2D eigenvalue weighted by Crippen LogP contribution is 2.29. The molecule has 0 amide bonds. The molecular weight excluding hydrogens is 214 g/mol. The standard InChI is InChI=1S/C8H10F2O3S/c1-2-14(11,12,13)8-4-6(9)3-7(10)5-8/h3-5H,2H2,1H3,(H2,11,12,13). The molecule has 0 unspecified atom stereocenters. The Hall–Kier alpha value is -0.850. The van der Waals surface area contributed by atoms with Crippen molar-refractivity contribution in [2.75, 3.05) is 5.75 Å². The molecule has 0 aliphatic rings. The van der Waals surface area contributed by atoms with Crippen molar-refractivity contribution in [3.63, 3.8) is 0 Å². The molecule has 0 bridgehead atoms. The van der Waals surface area contributed by atoms with Crippen LogP contribution in [0, 0.1) is 11.6 Å². The second-order valence-electron chi connectivity index (χ2n) is 2.91. The first-order valence-electron chi connectivity index (χ1n) is 3.84. The molecular formula is C8H10F2O3S. The normalized spacial score (nSPS) is 14.8. The van der Waals surface area contributed by atoms with Crippen LogP contribution in [0.5, 0.6) is 0 Å². The van der Waals surface area contributed by atoms with Crippen LogP contribution in [-0.4, -0.2) is 19.1 Å². The summed E-state index contributed by atoms with van der Waals surface area (Å²) in [7, 11) is -5.06. The molecule has 0 heterocycles. The fourth-order valence-corrected chi connectivity index (χ4v) is 1.96. The molecule has 0 radical (unpaired) electrons. The van der Waals surface area contributed by atoms with Gasteiger partial charge in [-0.1, -0.05) is 6.92 Å². The van der Waals surface area contributed by atoms with E-state index in [-0.39, 0.29) is 0 Å². The predicted octanol–water partition coefficient (Wildman–Crippen LogP) is 2.11. The Morgan fingerprint density at radius 2 is 1.64 bits per heavy atom. The van der Waals surface area contributed by atoms with Gasteiger partial charge in [-0.15, -0.1) is 0 Å². The molecule has 80 valence electrons. The molecule has 1 aromatic rings. The van der Waals surface area contributed by atoms with E-state index in [9.17, 15) is 22.1 Å². The average Bonchev–Trinajstić information content (AvgIpc) is 2.02. The van der Waals surface area contributed by atoms with Crippen LogP contribution in [0.3, 0.4) is 0 Å². The van der Waals surface area contributed by atoms with Crippen LogP contribution in [0.25, 0.3) is 0 Å². The maximum Gasteiger partial charge on any atom is 0.127 e. The van der Waals surface area contributed by atoms with Crippen LogP contribution >= 0.6 is 0 Å². The van der Waals surface area contributed by atoms with Crippen molar-refractivity contribution in [3.8, 4) is 0 Å². The minimum absolute atomic E-state index is 0.514. The van der Waals surface area contributed by atoms with Gasteiger partial charge < -0.3 is 9.11 Å². The number of hydrogen-bond donors (Lipinski definition) is 2. The summed E-state index contributed by atoms with van der Waals surface area (Å²) in [5, 5.41) is 0. The minimum Gasteiger partial charge on any atom is -0.304 e. The van der Waals surface area contributed by atoms with Gasteiger partial charge in [0.15, 0.2) is 0 Å². The summed E-state index contributed by atoms with van der Waals surface area (Å²) < 4.78 is 55.4. The Bertz CT molecular complexity index is 404. The van der Waals surface area contributed by atoms with Gasteiger partial charge >= 0.3 is 0 Å². The summed E-state index contributed by atoms with van der Waals surface area (Å²) in [5.74, 6) is -2.52. The molecule has 0 saturated heterocycles. The average molecular weight is 224 g/mol. The lowest BCUT2D eigenvalue weighted by Crippen LogP contribution is -2.34. The van der Waals surface area contributed by atoms with Gasteiger partial charge in [0.1, 0.15) is 21.3 Å². The Balaban J connectivity index is 3.41. The minimum atomic E-state index is -5.06. The third-order valence-corrected chi connectivity index (χ3v) is 4.05. The van der Waals surface area contributed by atoms with E-state index >= 15 is 0 Å². The molecule has 2 N–H and O–H groups in total. The first-order chi connectivity index (χ1) is 6.23. The molecule has 0 saturated carbocycles. The monoisotopic (exact) mass is 224 g/mol.